The van der Waals surface area contributed by atoms with E-state index in [1.54, 1.807) is 29.7 Å². The second kappa shape index (κ2) is 17.5. The summed E-state index contributed by atoms with van der Waals surface area (Å²) in [4.78, 5) is 14.5. The third-order valence-corrected chi connectivity index (χ3v) is 9.36. The summed E-state index contributed by atoms with van der Waals surface area (Å²) in [7, 11) is 13.6. The monoisotopic (exact) mass is 751 g/mol. The Kier molecular flexibility index (Phi) is 14.5. The first kappa shape index (κ1) is 36.3. The van der Waals surface area contributed by atoms with Gasteiger partial charge in [0, 0.05) is 12.2 Å². The molecule has 0 spiro atoms. The number of halogens is 3. The zero-order chi connectivity index (χ0) is 32.4. The summed E-state index contributed by atoms with van der Waals surface area (Å²) in [6, 6.07) is 16.5. The number of esters is 1. The number of hydrogen-bond acceptors (Lipinski definition) is 6. The normalized spacial score (nSPS) is 13.3. The molecule has 0 saturated carbocycles. The van der Waals surface area contributed by atoms with Crippen LogP contribution in [0, 0.1) is 33.3 Å². The van der Waals surface area contributed by atoms with Crippen molar-refractivity contribution in [3.63, 3.8) is 0 Å². The van der Waals surface area contributed by atoms with E-state index in [2.05, 4.69) is 55.0 Å². The predicted octanol–water partition coefficient (Wildman–Crippen LogP) is 7.98. The van der Waals surface area contributed by atoms with Crippen molar-refractivity contribution >= 4 is 53.3 Å². The second-order valence-corrected chi connectivity index (χ2v) is 17.2. The number of rotatable bonds is 10. The van der Waals surface area contributed by atoms with Crippen molar-refractivity contribution < 1.29 is 32.2 Å². The van der Waals surface area contributed by atoms with Crippen molar-refractivity contribution in [2.24, 2.45) is 0 Å². The van der Waals surface area contributed by atoms with E-state index in [0.717, 1.165) is 30.1 Å². The van der Waals surface area contributed by atoms with Crippen LogP contribution in [0.15, 0.2) is 54.6 Å². The molecule has 1 heterocycles. The van der Waals surface area contributed by atoms with Gasteiger partial charge in [0.1, 0.15) is 0 Å². The van der Waals surface area contributed by atoms with Gasteiger partial charge in [-0.15, -0.1) is 11.9 Å². The van der Waals surface area contributed by atoms with Gasteiger partial charge in [-0.2, -0.15) is 6.67 Å². The number of ether oxygens (including phenoxy) is 2. The van der Waals surface area contributed by atoms with Gasteiger partial charge in [0.25, 0.3) is 0 Å². The van der Waals surface area contributed by atoms with Gasteiger partial charge < -0.3 is 9.21 Å². The average Bonchev–Trinajstić information content (AvgIpc) is 3.42. The first-order valence-electron chi connectivity index (χ1n) is 14.1. The topological polar surface area (TPSA) is 49.6 Å². The van der Waals surface area contributed by atoms with Crippen molar-refractivity contribution in [2.75, 3.05) is 42.8 Å². The van der Waals surface area contributed by atoms with Crippen LogP contribution < -0.4 is 14.5 Å². The number of anilines is 2. The summed E-state index contributed by atoms with van der Waals surface area (Å²) in [5, 5.41) is 0. The molecule has 0 atom stereocenters. The Bertz CT molecular complexity index is 1420. The first-order valence-corrected chi connectivity index (χ1v) is 20.8. The van der Waals surface area contributed by atoms with Gasteiger partial charge in [0.2, 0.25) is 0 Å². The molecule has 11 heteroatoms. The fourth-order valence-electron chi connectivity index (χ4n) is 5.01. The Hall–Kier alpha value is -2.16. The fraction of sp³-hybridized carbons (Fsp3) is 0.364. The molecule has 0 aliphatic carbocycles. The molecule has 0 unspecified atom stereocenters. The van der Waals surface area contributed by atoms with Crippen LogP contribution in [0.25, 0.3) is 0 Å². The van der Waals surface area contributed by atoms with Gasteiger partial charge in [-0.05, 0) is 44.7 Å². The molecule has 1 aliphatic rings. The van der Waals surface area contributed by atoms with E-state index in [4.69, 9.17) is 28.9 Å². The molecule has 4 rings (SSSR count). The summed E-state index contributed by atoms with van der Waals surface area (Å²) in [6.07, 6.45) is 1.97. The number of nitrogens with zero attached hydrogens (tertiary/aromatic N) is 3. The minimum absolute atomic E-state index is 0.0966. The molecule has 44 heavy (non-hydrogen) atoms. The maximum absolute atomic E-state index is 13.7. The van der Waals surface area contributed by atoms with Crippen molar-refractivity contribution in [1.29, 1.82) is 0 Å². The molecule has 3 aromatic carbocycles. The molecule has 1 aliphatic heterocycles. The predicted molar refractivity (Wildman–Crippen MR) is 183 cm³/mol. The summed E-state index contributed by atoms with van der Waals surface area (Å²) < 4.78 is 28.3. The van der Waals surface area contributed by atoms with E-state index in [1.165, 1.54) is 34.5 Å². The van der Waals surface area contributed by atoms with Crippen molar-refractivity contribution in [2.45, 2.75) is 47.3 Å². The van der Waals surface area contributed by atoms with Crippen LogP contribution in [0.5, 0.6) is 5.75 Å². The molecule has 0 bridgehead atoms. The van der Waals surface area contributed by atoms with Crippen LogP contribution in [-0.4, -0.2) is 58.8 Å². The van der Waals surface area contributed by atoms with Gasteiger partial charge >= 0.3 is 178 Å². The van der Waals surface area contributed by atoms with E-state index in [-0.39, 0.29) is 24.4 Å². The van der Waals surface area contributed by atoms with Gasteiger partial charge in [0.15, 0.2) is 0 Å². The minimum Gasteiger partial charge on any atom is -0.506 e. The Labute approximate surface area is 279 Å². The molecular formula is C33H42Cl2FN3O3RuS. The third-order valence-electron chi connectivity index (χ3n) is 6.78. The smallest absolute Gasteiger partial charge is 0.0142 e. The SMILES string of the molecule is COc1ccc(N(CC(=[OH+])OC(C)C)Cc2ccc(F)cc2[CH]=[Ru]([Cl])[Cl])cc1.CSN1[CH-]N(c2c(C)cc(C)cc2C)CC1. The number of aryl methyl sites for hydroxylation is 3. The van der Waals surface area contributed by atoms with Gasteiger partial charge in [-0.3, -0.25) is 0 Å². The molecular weight excluding hydrogens is 709 g/mol. The Morgan fingerprint density at radius 2 is 1.75 bits per heavy atom. The number of benzene rings is 3. The fourth-order valence-corrected chi connectivity index (χ4v) is 7.34. The van der Waals surface area contributed by atoms with Gasteiger partial charge in [0.05, 0.1) is 0 Å². The average molecular weight is 752 g/mol. The third kappa shape index (κ3) is 11.0. The molecule has 0 aromatic heterocycles. The Morgan fingerprint density at radius 3 is 2.30 bits per heavy atom. The summed E-state index contributed by atoms with van der Waals surface area (Å²) in [5.74, 6) is 0.275. The first-order chi connectivity index (χ1) is 20.9. The van der Waals surface area contributed by atoms with E-state index in [9.17, 15) is 9.18 Å². The van der Waals surface area contributed by atoms with Crippen molar-refractivity contribution in [3.05, 3.63) is 94.9 Å². The maximum atomic E-state index is 13.7. The molecule has 1 saturated heterocycles. The van der Waals surface area contributed by atoms with Crippen LogP contribution in [0.3, 0.4) is 0 Å². The van der Waals surface area contributed by atoms with Gasteiger partial charge in [-0.25, -0.2) is 0 Å². The van der Waals surface area contributed by atoms with Crippen molar-refractivity contribution in [3.8, 4) is 5.75 Å². The molecule has 0 radical (unpaired) electrons. The maximum Gasteiger partial charge on any atom is 0.0142 e. The van der Waals surface area contributed by atoms with Crippen LogP contribution in [-0.2, 0) is 24.8 Å². The van der Waals surface area contributed by atoms with E-state index in [0.29, 0.717) is 12.1 Å². The standard InChI is InChI=1S/C20H22FNO3.C13H19N2S.2ClH.Ru/c1-14(2)25-20(23)13-22(18-7-9-19(24-4)10-8-18)12-16-5-6-17(21)11-15(16)3;1-10-7-11(2)13(12(3)8-10)14-5-6-15(9-14)16-4;;;/h3,5-11,14H,12-13H2,1-2,4H3;7-9H,5-6H2,1-4H3;2*1H;/q;-1;;;+2/p-1. The van der Waals surface area contributed by atoms with E-state index >= 15 is 0 Å². The Morgan fingerprint density at radius 1 is 1.09 bits per heavy atom. The Balaban J connectivity index is 0.000000278. The zero-order valence-corrected chi connectivity index (χ0v) is 30.3. The number of methoxy groups -OCH3 is 1. The molecule has 1 fully saturated rings. The number of hydrogen-bond donors (Lipinski definition) is 0. The molecule has 0 amide bonds. The number of carbonyl (C=O) groups excluding carboxylic acids is 1. The van der Waals surface area contributed by atoms with Crippen molar-refractivity contribution in [1.82, 2.24) is 4.31 Å². The second-order valence-electron chi connectivity index (χ2n) is 10.6. The summed E-state index contributed by atoms with van der Waals surface area (Å²) in [5.41, 5.74) is 7.82. The van der Waals surface area contributed by atoms with E-state index < -0.39 is 13.5 Å². The van der Waals surface area contributed by atoms with Crippen LogP contribution >= 0.6 is 31.3 Å². The molecule has 1 N–H and O–H groups in total. The summed E-state index contributed by atoms with van der Waals surface area (Å²) in [6.45, 7) is 15.2. The minimum atomic E-state index is -2.13. The van der Waals surface area contributed by atoms with Crippen LogP contribution in [0.4, 0.5) is 15.8 Å². The van der Waals surface area contributed by atoms with E-state index in [1.807, 2.05) is 43.0 Å². The van der Waals surface area contributed by atoms with Gasteiger partial charge in [-0.1, -0.05) is 17.7 Å². The zero-order valence-electron chi connectivity index (χ0n) is 26.3. The largest absolute Gasteiger partial charge is 0.506 e. The van der Waals surface area contributed by atoms with Crippen LogP contribution in [0.1, 0.15) is 41.7 Å². The van der Waals surface area contributed by atoms with Crippen LogP contribution in [0.2, 0.25) is 0 Å². The summed E-state index contributed by atoms with van der Waals surface area (Å²) >= 11 is -0.346. The molecule has 242 valence electrons. The quantitative estimate of drug-likeness (QED) is 0.0689. The molecule has 3 aromatic rings. The molecule has 6 nitrogen and oxygen atoms in total.